The van der Waals surface area contributed by atoms with Gasteiger partial charge in [0, 0.05) is 6.04 Å². The van der Waals surface area contributed by atoms with Crippen LogP contribution in [0.15, 0.2) is 48.5 Å². The van der Waals surface area contributed by atoms with Crippen LogP contribution in [-0.4, -0.2) is 38.6 Å². The average Bonchev–Trinajstić information content (AvgIpc) is 3.10. The third kappa shape index (κ3) is 7.15. The van der Waals surface area contributed by atoms with E-state index in [0.29, 0.717) is 17.9 Å². The molecule has 2 N–H and O–H groups in total. The Balaban J connectivity index is 1.56. The van der Waals surface area contributed by atoms with Crippen molar-refractivity contribution in [1.82, 2.24) is 10.0 Å². The van der Waals surface area contributed by atoms with E-state index in [4.69, 9.17) is 9.47 Å². The molecule has 2 aliphatic rings. The highest BCUT2D eigenvalue weighted by Gasteiger charge is 2.36. The standard InChI is InChI=1S/C27H35N3O6S/c1-27(2,3)36-26(32)28-22-12-8-7-11-21(22)15-20-13-14-23(30-17-25(31)29-37(30,33)34)24(16-20)35-18-19-9-5-4-6-10-19/h4-6,9-10,13-14,16,21-22H,7-8,11-12,15,17-18H2,1-3H3,(H,28,32)(H,29,31)/t21-,22+/m0/s1. The molecule has 1 saturated carbocycles. The lowest BCUT2D eigenvalue weighted by molar-refractivity contribution is -0.117. The molecule has 1 aliphatic carbocycles. The van der Waals surface area contributed by atoms with Crippen molar-refractivity contribution in [1.29, 1.82) is 0 Å². The van der Waals surface area contributed by atoms with Gasteiger partial charge in [-0.25, -0.2) is 13.8 Å². The number of hydrogen-bond acceptors (Lipinski definition) is 6. The van der Waals surface area contributed by atoms with Crippen LogP contribution in [0.5, 0.6) is 5.75 Å². The molecule has 2 atom stereocenters. The van der Waals surface area contributed by atoms with Crippen molar-refractivity contribution in [2.24, 2.45) is 5.92 Å². The number of ether oxygens (including phenoxy) is 2. The topological polar surface area (TPSA) is 114 Å². The molecule has 10 heteroatoms. The molecular weight excluding hydrogens is 494 g/mol. The van der Waals surface area contributed by atoms with Gasteiger partial charge in [-0.15, -0.1) is 0 Å². The molecule has 37 heavy (non-hydrogen) atoms. The zero-order valence-electron chi connectivity index (χ0n) is 21.5. The van der Waals surface area contributed by atoms with Crippen LogP contribution < -0.4 is 19.1 Å². The Morgan fingerprint density at radius 1 is 1.08 bits per heavy atom. The van der Waals surface area contributed by atoms with E-state index in [2.05, 4.69) is 5.32 Å². The average molecular weight is 530 g/mol. The second kappa shape index (κ2) is 11.0. The SMILES string of the molecule is CC(C)(C)OC(=O)N[C@@H]1CCCC[C@H]1Cc1ccc(N2CC(=O)NS2(=O)=O)c(OCc2ccccc2)c1. The summed E-state index contributed by atoms with van der Waals surface area (Å²) < 4.78 is 39.7. The first-order chi connectivity index (χ1) is 17.5. The van der Waals surface area contributed by atoms with Crippen molar-refractivity contribution in [3.63, 3.8) is 0 Å². The number of amides is 2. The third-order valence-corrected chi connectivity index (χ3v) is 7.85. The minimum Gasteiger partial charge on any atom is -0.487 e. The monoisotopic (exact) mass is 529 g/mol. The van der Waals surface area contributed by atoms with Crippen LogP contribution in [0.1, 0.15) is 57.6 Å². The molecule has 4 rings (SSSR count). The summed E-state index contributed by atoms with van der Waals surface area (Å²) in [4.78, 5) is 24.3. The number of hydrogen-bond donors (Lipinski definition) is 2. The minimum atomic E-state index is -3.98. The molecule has 2 fully saturated rings. The summed E-state index contributed by atoms with van der Waals surface area (Å²) in [5, 5.41) is 3.05. The Bertz CT molecular complexity index is 1230. The normalized spacial score (nSPS) is 21.3. The molecular formula is C27H35N3O6S. The zero-order chi connectivity index (χ0) is 26.6. The molecule has 0 bridgehead atoms. The lowest BCUT2D eigenvalue weighted by Crippen LogP contribution is -2.45. The van der Waals surface area contributed by atoms with Gasteiger partial charge in [-0.3, -0.25) is 4.79 Å². The molecule has 2 aromatic rings. The predicted octanol–water partition coefficient (Wildman–Crippen LogP) is 4.07. The van der Waals surface area contributed by atoms with E-state index < -0.39 is 27.8 Å². The van der Waals surface area contributed by atoms with Crippen LogP contribution in [0, 0.1) is 5.92 Å². The highest BCUT2D eigenvalue weighted by atomic mass is 32.2. The van der Waals surface area contributed by atoms with Crippen molar-refractivity contribution in [2.45, 2.75) is 71.1 Å². The number of nitrogens with zero attached hydrogens (tertiary/aromatic N) is 1. The van der Waals surface area contributed by atoms with E-state index in [1.807, 2.05) is 68.0 Å². The first-order valence-electron chi connectivity index (χ1n) is 12.6. The van der Waals surface area contributed by atoms with E-state index in [1.165, 1.54) is 0 Å². The van der Waals surface area contributed by atoms with Crippen LogP contribution >= 0.6 is 0 Å². The maximum atomic E-state index is 12.5. The fourth-order valence-electron chi connectivity index (χ4n) is 4.81. The van der Waals surface area contributed by atoms with Crippen LogP contribution in [0.2, 0.25) is 0 Å². The summed E-state index contributed by atoms with van der Waals surface area (Å²) in [5.41, 5.74) is 1.64. The molecule has 0 radical (unpaired) electrons. The Morgan fingerprint density at radius 3 is 2.49 bits per heavy atom. The van der Waals surface area contributed by atoms with Gasteiger partial charge in [-0.05, 0) is 69.2 Å². The fraction of sp³-hybridized carbons (Fsp3) is 0.481. The van der Waals surface area contributed by atoms with Gasteiger partial charge < -0.3 is 14.8 Å². The van der Waals surface area contributed by atoms with Gasteiger partial charge in [0.1, 0.15) is 24.5 Å². The second-order valence-electron chi connectivity index (χ2n) is 10.6. The van der Waals surface area contributed by atoms with Crippen molar-refractivity contribution >= 4 is 27.9 Å². The number of carbonyl (C=O) groups is 2. The third-order valence-electron chi connectivity index (χ3n) is 6.46. The molecule has 200 valence electrons. The highest BCUT2D eigenvalue weighted by Crippen LogP contribution is 2.35. The maximum Gasteiger partial charge on any atom is 0.407 e. The Morgan fingerprint density at radius 2 is 1.81 bits per heavy atom. The summed E-state index contributed by atoms with van der Waals surface area (Å²) in [6.45, 7) is 5.47. The lowest BCUT2D eigenvalue weighted by atomic mass is 9.80. The number of rotatable bonds is 7. The summed E-state index contributed by atoms with van der Waals surface area (Å²) >= 11 is 0. The number of alkyl carbamates (subject to hydrolysis) is 1. The second-order valence-corrected chi connectivity index (χ2v) is 12.2. The summed E-state index contributed by atoms with van der Waals surface area (Å²) in [6, 6.07) is 15.0. The van der Waals surface area contributed by atoms with E-state index >= 15 is 0 Å². The zero-order valence-corrected chi connectivity index (χ0v) is 22.3. The van der Waals surface area contributed by atoms with E-state index in [-0.39, 0.29) is 25.1 Å². The van der Waals surface area contributed by atoms with E-state index in [1.54, 1.807) is 6.07 Å². The van der Waals surface area contributed by atoms with Crippen molar-refractivity contribution in [3.05, 3.63) is 59.7 Å². The molecule has 0 unspecified atom stereocenters. The molecule has 9 nitrogen and oxygen atoms in total. The Labute approximate surface area is 218 Å². The van der Waals surface area contributed by atoms with E-state index in [9.17, 15) is 18.0 Å². The maximum absolute atomic E-state index is 12.5. The number of anilines is 1. The quantitative estimate of drug-likeness (QED) is 0.559. The molecule has 2 aromatic carbocycles. The molecule has 1 aliphatic heterocycles. The minimum absolute atomic E-state index is 0.0160. The predicted molar refractivity (Wildman–Crippen MR) is 140 cm³/mol. The number of carbonyl (C=O) groups excluding carboxylic acids is 2. The van der Waals surface area contributed by atoms with Gasteiger partial charge in [-0.1, -0.05) is 49.2 Å². The summed E-state index contributed by atoms with van der Waals surface area (Å²) in [6.07, 6.45) is 4.22. The van der Waals surface area contributed by atoms with E-state index in [0.717, 1.165) is 41.1 Å². The largest absolute Gasteiger partial charge is 0.487 e. The molecule has 1 heterocycles. The molecule has 0 aromatic heterocycles. The first kappa shape index (κ1) is 26.8. The molecule has 2 amide bonds. The van der Waals surface area contributed by atoms with Crippen LogP contribution in [0.3, 0.4) is 0 Å². The van der Waals surface area contributed by atoms with Crippen molar-refractivity contribution < 1.29 is 27.5 Å². The summed E-state index contributed by atoms with van der Waals surface area (Å²) in [5.74, 6) is -0.00176. The van der Waals surface area contributed by atoms with Crippen molar-refractivity contribution in [3.8, 4) is 5.75 Å². The van der Waals surface area contributed by atoms with Crippen LogP contribution in [-0.2, 0) is 32.8 Å². The number of nitrogens with one attached hydrogen (secondary N) is 2. The lowest BCUT2D eigenvalue weighted by Gasteiger charge is -2.33. The molecule has 0 spiro atoms. The highest BCUT2D eigenvalue weighted by molar-refractivity contribution is 7.92. The number of benzene rings is 2. The smallest absolute Gasteiger partial charge is 0.407 e. The fourth-order valence-corrected chi connectivity index (χ4v) is 5.97. The Kier molecular flexibility index (Phi) is 7.96. The van der Waals surface area contributed by atoms with Crippen LogP contribution in [0.25, 0.3) is 0 Å². The van der Waals surface area contributed by atoms with Crippen molar-refractivity contribution in [2.75, 3.05) is 10.8 Å². The molecule has 1 saturated heterocycles. The first-order valence-corrected chi connectivity index (χ1v) is 14.1. The van der Waals surface area contributed by atoms with Gasteiger partial charge in [0.15, 0.2) is 0 Å². The summed E-state index contributed by atoms with van der Waals surface area (Å²) in [7, 11) is -3.98. The van der Waals surface area contributed by atoms with Gasteiger partial charge in [0.25, 0.3) is 5.91 Å². The van der Waals surface area contributed by atoms with Gasteiger partial charge >= 0.3 is 16.3 Å². The van der Waals surface area contributed by atoms with Gasteiger partial charge in [-0.2, -0.15) is 8.42 Å². The van der Waals surface area contributed by atoms with Gasteiger partial charge in [0.05, 0.1) is 5.69 Å². The van der Waals surface area contributed by atoms with Gasteiger partial charge in [0.2, 0.25) is 0 Å². The Hall–Kier alpha value is -3.27. The van der Waals surface area contributed by atoms with Crippen LogP contribution in [0.4, 0.5) is 10.5 Å².